The standard InChI is InChI=1S/C9H13N3/c1-2-12-5-3-4-8-9(12)6-10-7-11-8/h6-7H,2-5H2,1H3. The lowest BCUT2D eigenvalue weighted by Crippen LogP contribution is -2.29. The van der Waals surface area contributed by atoms with Gasteiger partial charge in [0.1, 0.15) is 6.33 Å². The lowest BCUT2D eigenvalue weighted by molar-refractivity contribution is 0.687. The Kier molecular flexibility index (Phi) is 1.94. The van der Waals surface area contributed by atoms with Gasteiger partial charge in [-0.15, -0.1) is 0 Å². The molecule has 0 saturated heterocycles. The summed E-state index contributed by atoms with van der Waals surface area (Å²) in [4.78, 5) is 10.6. The topological polar surface area (TPSA) is 29.0 Å². The summed E-state index contributed by atoms with van der Waals surface area (Å²) in [6.07, 6.45) is 5.88. The number of fused-ring (bicyclic) bond motifs is 1. The molecule has 0 atom stereocenters. The van der Waals surface area contributed by atoms with Crippen molar-refractivity contribution in [2.24, 2.45) is 0 Å². The Morgan fingerprint density at radius 2 is 2.50 bits per heavy atom. The second kappa shape index (κ2) is 3.09. The fraction of sp³-hybridized carbons (Fsp3) is 0.556. The number of hydrogen-bond acceptors (Lipinski definition) is 3. The van der Waals surface area contributed by atoms with Gasteiger partial charge in [0, 0.05) is 13.1 Å². The minimum Gasteiger partial charge on any atom is -0.369 e. The van der Waals surface area contributed by atoms with Gasteiger partial charge in [0.25, 0.3) is 0 Å². The molecule has 0 radical (unpaired) electrons. The van der Waals surface area contributed by atoms with Gasteiger partial charge in [0.05, 0.1) is 17.6 Å². The van der Waals surface area contributed by atoms with Gasteiger partial charge < -0.3 is 4.90 Å². The van der Waals surface area contributed by atoms with Crippen molar-refractivity contribution >= 4 is 5.69 Å². The Bertz CT molecular complexity index is 272. The molecule has 2 rings (SSSR count). The van der Waals surface area contributed by atoms with Crippen LogP contribution in [-0.2, 0) is 6.42 Å². The van der Waals surface area contributed by atoms with Crippen LogP contribution < -0.4 is 4.90 Å². The maximum atomic E-state index is 4.26. The molecule has 0 unspecified atom stereocenters. The maximum Gasteiger partial charge on any atom is 0.115 e. The summed E-state index contributed by atoms with van der Waals surface area (Å²) < 4.78 is 0. The van der Waals surface area contributed by atoms with Gasteiger partial charge in [-0.05, 0) is 19.8 Å². The van der Waals surface area contributed by atoms with E-state index in [2.05, 4.69) is 21.8 Å². The number of aryl methyl sites for hydroxylation is 1. The molecule has 1 aliphatic heterocycles. The van der Waals surface area contributed by atoms with Crippen molar-refractivity contribution in [3.05, 3.63) is 18.2 Å². The van der Waals surface area contributed by atoms with E-state index in [9.17, 15) is 0 Å². The first-order valence-electron chi connectivity index (χ1n) is 4.45. The normalized spacial score (nSPS) is 15.9. The van der Waals surface area contributed by atoms with E-state index < -0.39 is 0 Å². The van der Waals surface area contributed by atoms with Crippen molar-refractivity contribution in [3.8, 4) is 0 Å². The fourth-order valence-corrected chi connectivity index (χ4v) is 1.69. The summed E-state index contributed by atoms with van der Waals surface area (Å²) in [6.45, 7) is 4.37. The van der Waals surface area contributed by atoms with E-state index in [1.807, 2.05) is 6.20 Å². The van der Waals surface area contributed by atoms with E-state index >= 15 is 0 Å². The Balaban J connectivity index is 2.37. The third-order valence-electron chi connectivity index (χ3n) is 2.34. The second-order valence-electron chi connectivity index (χ2n) is 3.04. The largest absolute Gasteiger partial charge is 0.369 e. The third kappa shape index (κ3) is 1.15. The highest BCUT2D eigenvalue weighted by Crippen LogP contribution is 2.22. The molecular formula is C9H13N3. The Hall–Kier alpha value is -1.12. The first kappa shape index (κ1) is 7.53. The zero-order valence-corrected chi connectivity index (χ0v) is 7.32. The van der Waals surface area contributed by atoms with Crippen molar-refractivity contribution in [1.82, 2.24) is 9.97 Å². The molecule has 2 heterocycles. The molecule has 1 aromatic heterocycles. The Labute approximate surface area is 72.4 Å². The van der Waals surface area contributed by atoms with E-state index in [1.54, 1.807) is 6.33 Å². The predicted octanol–water partition coefficient (Wildman–Crippen LogP) is 1.25. The van der Waals surface area contributed by atoms with Crippen molar-refractivity contribution in [2.75, 3.05) is 18.0 Å². The molecule has 0 aromatic carbocycles. The Morgan fingerprint density at radius 1 is 1.58 bits per heavy atom. The SMILES string of the molecule is CCN1CCCc2ncncc21. The minimum absolute atomic E-state index is 1.06. The van der Waals surface area contributed by atoms with E-state index in [0.717, 1.165) is 19.5 Å². The highest BCUT2D eigenvalue weighted by atomic mass is 15.1. The van der Waals surface area contributed by atoms with Gasteiger partial charge >= 0.3 is 0 Å². The number of hydrogen-bond donors (Lipinski definition) is 0. The van der Waals surface area contributed by atoms with E-state index in [0.29, 0.717) is 0 Å². The van der Waals surface area contributed by atoms with Gasteiger partial charge in [-0.3, -0.25) is 0 Å². The van der Waals surface area contributed by atoms with E-state index in [4.69, 9.17) is 0 Å². The smallest absolute Gasteiger partial charge is 0.115 e. The van der Waals surface area contributed by atoms with Gasteiger partial charge in [0.2, 0.25) is 0 Å². The molecule has 0 spiro atoms. The molecule has 3 nitrogen and oxygen atoms in total. The molecule has 0 amide bonds. The quantitative estimate of drug-likeness (QED) is 0.624. The molecule has 12 heavy (non-hydrogen) atoms. The molecule has 0 aliphatic carbocycles. The van der Waals surface area contributed by atoms with Crippen LogP contribution in [-0.4, -0.2) is 23.1 Å². The zero-order chi connectivity index (χ0) is 8.39. The van der Waals surface area contributed by atoms with Gasteiger partial charge in [-0.1, -0.05) is 0 Å². The number of rotatable bonds is 1. The zero-order valence-electron chi connectivity index (χ0n) is 7.32. The maximum absolute atomic E-state index is 4.26. The molecule has 1 aliphatic rings. The molecule has 0 bridgehead atoms. The highest BCUT2D eigenvalue weighted by Gasteiger charge is 2.15. The molecule has 0 saturated carbocycles. The molecule has 0 N–H and O–H groups in total. The van der Waals surface area contributed by atoms with E-state index in [-0.39, 0.29) is 0 Å². The van der Waals surface area contributed by atoms with Crippen molar-refractivity contribution in [1.29, 1.82) is 0 Å². The average molecular weight is 163 g/mol. The number of anilines is 1. The van der Waals surface area contributed by atoms with Crippen molar-refractivity contribution in [2.45, 2.75) is 19.8 Å². The summed E-state index contributed by atoms with van der Waals surface area (Å²) in [5, 5.41) is 0. The summed E-state index contributed by atoms with van der Waals surface area (Å²) in [5.41, 5.74) is 2.43. The minimum atomic E-state index is 1.06. The monoisotopic (exact) mass is 163 g/mol. The van der Waals surface area contributed by atoms with Crippen LogP contribution in [0, 0.1) is 0 Å². The second-order valence-corrected chi connectivity index (χ2v) is 3.04. The third-order valence-corrected chi connectivity index (χ3v) is 2.34. The number of nitrogens with zero attached hydrogens (tertiary/aromatic N) is 3. The van der Waals surface area contributed by atoms with Crippen molar-refractivity contribution in [3.63, 3.8) is 0 Å². The summed E-state index contributed by atoms with van der Waals surface area (Å²) in [6, 6.07) is 0. The molecular weight excluding hydrogens is 150 g/mol. The highest BCUT2D eigenvalue weighted by molar-refractivity contribution is 5.50. The number of aromatic nitrogens is 2. The molecule has 1 aromatic rings. The van der Waals surface area contributed by atoms with Crippen LogP contribution in [0.4, 0.5) is 5.69 Å². The lowest BCUT2D eigenvalue weighted by atomic mass is 10.1. The van der Waals surface area contributed by atoms with Crippen molar-refractivity contribution < 1.29 is 0 Å². The first-order valence-corrected chi connectivity index (χ1v) is 4.45. The van der Waals surface area contributed by atoms with Gasteiger partial charge in [-0.25, -0.2) is 9.97 Å². The molecule has 64 valence electrons. The van der Waals surface area contributed by atoms with E-state index in [1.165, 1.54) is 17.8 Å². The molecule has 0 fully saturated rings. The van der Waals surface area contributed by atoms with Gasteiger partial charge in [-0.2, -0.15) is 0 Å². The summed E-state index contributed by atoms with van der Waals surface area (Å²) in [7, 11) is 0. The molecule has 3 heteroatoms. The van der Waals surface area contributed by atoms with Crippen LogP contribution in [0.2, 0.25) is 0 Å². The van der Waals surface area contributed by atoms with Crippen LogP contribution in [0.5, 0.6) is 0 Å². The van der Waals surface area contributed by atoms with Crippen LogP contribution in [0.1, 0.15) is 19.0 Å². The van der Waals surface area contributed by atoms with Crippen LogP contribution in [0.15, 0.2) is 12.5 Å². The predicted molar refractivity (Wildman–Crippen MR) is 48.2 cm³/mol. The van der Waals surface area contributed by atoms with Crippen LogP contribution in [0.3, 0.4) is 0 Å². The fourth-order valence-electron chi connectivity index (χ4n) is 1.69. The average Bonchev–Trinajstić information content (AvgIpc) is 2.17. The lowest BCUT2D eigenvalue weighted by Gasteiger charge is -2.28. The van der Waals surface area contributed by atoms with Gasteiger partial charge in [0.15, 0.2) is 0 Å². The first-order chi connectivity index (χ1) is 5.92. The van der Waals surface area contributed by atoms with Crippen LogP contribution >= 0.6 is 0 Å². The summed E-state index contributed by atoms with van der Waals surface area (Å²) >= 11 is 0. The Morgan fingerprint density at radius 3 is 3.33 bits per heavy atom. The van der Waals surface area contributed by atoms with Crippen LogP contribution in [0.25, 0.3) is 0 Å². The summed E-state index contributed by atoms with van der Waals surface area (Å²) in [5.74, 6) is 0.